The van der Waals surface area contributed by atoms with Gasteiger partial charge < -0.3 is 0 Å². The van der Waals surface area contributed by atoms with Gasteiger partial charge in [0.25, 0.3) is 0 Å². The number of sulfonamides is 1. The van der Waals surface area contributed by atoms with Crippen LogP contribution in [0.5, 0.6) is 0 Å². The smallest absolute Gasteiger partial charge is 0.207 e. The van der Waals surface area contributed by atoms with Gasteiger partial charge in [-0.05, 0) is 24.1 Å². The first kappa shape index (κ1) is 15.7. The fraction of sp³-hybridized carbons (Fsp3) is 0.538. The highest BCUT2D eigenvalue weighted by molar-refractivity contribution is 9.08. The maximum absolute atomic E-state index is 12.2. The van der Waals surface area contributed by atoms with E-state index >= 15 is 0 Å². The molecule has 0 N–H and O–H groups in total. The van der Waals surface area contributed by atoms with Gasteiger partial charge in [-0.15, -0.1) is 0 Å². The van der Waals surface area contributed by atoms with Crippen molar-refractivity contribution in [2.45, 2.75) is 36.4 Å². The molecule has 0 atom stereocenters. The molecule has 1 rings (SSSR count). The molecule has 1 aromatic rings. The SMILES string of the molecule is CCCCCN(C)S(=O)(=O)c1ccc(CBr)cc1. The Balaban J connectivity index is 2.77. The average Bonchev–Trinajstić information content (AvgIpc) is 2.39. The minimum atomic E-state index is -3.33. The molecule has 0 radical (unpaired) electrons. The van der Waals surface area contributed by atoms with Gasteiger partial charge in [0.15, 0.2) is 0 Å². The van der Waals surface area contributed by atoms with Crippen LogP contribution in [0.4, 0.5) is 0 Å². The van der Waals surface area contributed by atoms with Gasteiger partial charge in [-0.3, -0.25) is 0 Å². The molecule has 0 heterocycles. The van der Waals surface area contributed by atoms with Crippen LogP contribution >= 0.6 is 15.9 Å². The van der Waals surface area contributed by atoms with Gasteiger partial charge in [0.2, 0.25) is 10.0 Å². The Hall–Kier alpha value is -0.390. The summed E-state index contributed by atoms with van der Waals surface area (Å²) in [7, 11) is -1.68. The summed E-state index contributed by atoms with van der Waals surface area (Å²) in [6.45, 7) is 2.68. The molecule has 0 amide bonds. The molecular weight excluding hydrogens is 314 g/mol. The van der Waals surface area contributed by atoms with E-state index in [-0.39, 0.29) is 0 Å². The Kier molecular flexibility index (Phi) is 6.32. The monoisotopic (exact) mass is 333 g/mol. The Morgan fingerprint density at radius 1 is 1.17 bits per heavy atom. The third kappa shape index (κ3) is 4.07. The lowest BCUT2D eigenvalue weighted by Crippen LogP contribution is -2.27. The van der Waals surface area contributed by atoms with Crippen LogP contribution < -0.4 is 0 Å². The predicted octanol–water partition coefficient (Wildman–Crippen LogP) is 3.39. The van der Waals surface area contributed by atoms with Crippen molar-refractivity contribution in [1.82, 2.24) is 4.31 Å². The predicted molar refractivity (Wildman–Crippen MR) is 78.4 cm³/mol. The summed E-state index contributed by atoms with van der Waals surface area (Å²) < 4.78 is 25.9. The Morgan fingerprint density at radius 3 is 2.28 bits per heavy atom. The maximum Gasteiger partial charge on any atom is 0.242 e. The molecule has 1 aromatic carbocycles. The molecule has 0 saturated carbocycles. The first-order chi connectivity index (χ1) is 8.52. The van der Waals surface area contributed by atoms with E-state index in [0.717, 1.165) is 30.2 Å². The van der Waals surface area contributed by atoms with Gasteiger partial charge in [0.1, 0.15) is 0 Å². The van der Waals surface area contributed by atoms with Crippen molar-refractivity contribution in [3.63, 3.8) is 0 Å². The molecule has 5 heteroatoms. The molecule has 0 aromatic heterocycles. The number of hydrogen-bond acceptors (Lipinski definition) is 2. The van der Waals surface area contributed by atoms with Gasteiger partial charge in [-0.1, -0.05) is 47.8 Å². The number of hydrogen-bond donors (Lipinski definition) is 0. The summed E-state index contributed by atoms with van der Waals surface area (Å²) in [5.74, 6) is 0. The quantitative estimate of drug-likeness (QED) is 0.566. The first-order valence-corrected chi connectivity index (χ1v) is 8.69. The normalized spacial score (nSPS) is 12.0. The van der Waals surface area contributed by atoms with E-state index in [0.29, 0.717) is 11.4 Å². The van der Waals surface area contributed by atoms with Gasteiger partial charge in [0, 0.05) is 18.9 Å². The zero-order valence-electron chi connectivity index (χ0n) is 10.9. The van der Waals surface area contributed by atoms with Crippen LogP contribution in [0.15, 0.2) is 29.2 Å². The number of rotatable bonds is 7. The molecule has 0 spiro atoms. The third-order valence-electron chi connectivity index (χ3n) is 2.86. The van der Waals surface area contributed by atoms with Crippen molar-refractivity contribution >= 4 is 26.0 Å². The molecule has 0 bridgehead atoms. The van der Waals surface area contributed by atoms with Crippen LogP contribution in [0.1, 0.15) is 31.7 Å². The second-order valence-corrected chi connectivity index (χ2v) is 6.92. The highest BCUT2D eigenvalue weighted by Crippen LogP contribution is 2.16. The van der Waals surface area contributed by atoms with Gasteiger partial charge in [-0.2, -0.15) is 0 Å². The Morgan fingerprint density at radius 2 is 1.78 bits per heavy atom. The summed E-state index contributed by atoms with van der Waals surface area (Å²) >= 11 is 3.34. The van der Waals surface area contributed by atoms with E-state index < -0.39 is 10.0 Å². The second kappa shape index (κ2) is 7.26. The van der Waals surface area contributed by atoms with E-state index in [4.69, 9.17) is 0 Å². The van der Waals surface area contributed by atoms with Crippen molar-refractivity contribution in [2.75, 3.05) is 13.6 Å². The van der Waals surface area contributed by atoms with E-state index in [9.17, 15) is 8.42 Å². The molecule has 102 valence electrons. The number of unbranched alkanes of at least 4 members (excludes halogenated alkanes) is 2. The van der Waals surface area contributed by atoms with Crippen molar-refractivity contribution in [3.05, 3.63) is 29.8 Å². The van der Waals surface area contributed by atoms with Crippen LogP contribution in [0, 0.1) is 0 Å². The zero-order chi connectivity index (χ0) is 13.6. The van der Waals surface area contributed by atoms with Gasteiger partial charge >= 0.3 is 0 Å². The van der Waals surface area contributed by atoms with Crippen LogP contribution in [0.25, 0.3) is 0 Å². The summed E-state index contributed by atoms with van der Waals surface area (Å²) in [5, 5.41) is 0.736. The number of nitrogens with zero attached hydrogens (tertiary/aromatic N) is 1. The number of alkyl halides is 1. The molecule has 0 aliphatic rings. The zero-order valence-corrected chi connectivity index (χ0v) is 13.3. The summed E-state index contributed by atoms with van der Waals surface area (Å²) in [4.78, 5) is 0.367. The molecule has 0 aliphatic carbocycles. The van der Waals surface area contributed by atoms with Crippen LogP contribution in [-0.2, 0) is 15.4 Å². The molecule has 0 saturated heterocycles. The fourth-order valence-electron chi connectivity index (χ4n) is 1.64. The largest absolute Gasteiger partial charge is 0.242 e. The highest BCUT2D eigenvalue weighted by Gasteiger charge is 2.19. The summed E-state index contributed by atoms with van der Waals surface area (Å²) in [6.07, 6.45) is 3.06. The van der Waals surface area contributed by atoms with Crippen LogP contribution in [0.3, 0.4) is 0 Å². The summed E-state index contributed by atoms with van der Waals surface area (Å²) in [5.41, 5.74) is 1.07. The van der Waals surface area contributed by atoms with E-state index in [1.807, 2.05) is 12.1 Å². The van der Waals surface area contributed by atoms with Gasteiger partial charge in [-0.25, -0.2) is 12.7 Å². The fourth-order valence-corrected chi connectivity index (χ4v) is 3.22. The summed E-state index contributed by atoms with van der Waals surface area (Å²) in [6, 6.07) is 7.01. The minimum Gasteiger partial charge on any atom is -0.207 e. The Labute approximate surface area is 118 Å². The van der Waals surface area contributed by atoms with E-state index in [1.54, 1.807) is 19.2 Å². The van der Waals surface area contributed by atoms with Gasteiger partial charge in [0.05, 0.1) is 4.90 Å². The lowest BCUT2D eigenvalue weighted by molar-refractivity contribution is 0.454. The second-order valence-electron chi connectivity index (χ2n) is 4.31. The van der Waals surface area contributed by atoms with Crippen LogP contribution in [-0.4, -0.2) is 26.3 Å². The van der Waals surface area contributed by atoms with Crippen LogP contribution in [0.2, 0.25) is 0 Å². The third-order valence-corrected chi connectivity index (χ3v) is 5.38. The molecule has 0 fully saturated rings. The van der Waals surface area contributed by atoms with E-state index in [2.05, 4.69) is 22.9 Å². The molecule has 18 heavy (non-hydrogen) atoms. The maximum atomic E-state index is 12.2. The average molecular weight is 334 g/mol. The topological polar surface area (TPSA) is 37.4 Å². The molecule has 0 unspecified atom stereocenters. The highest BCUT2D eigenvalue weighted by atomic mass is 79.9. The minimum absolute atomic E-state index is 0.367. The molecule has 0 aliphatic heterocycles. The lowest BCUT2D eigenvalue weighted by atomic mass is 10.2. The number of halogens is 1. The van der Waals surface area contributed by atoms with Crippen molar-refractivity contribution in [2.24, 2.45) is 0 Å². The van der Waals surface area contributed by atoms with Crippen molar-refractivity contribution in [1.29, 1.82) is 0 Å². The standard InChI is InChI=1S/C13H20BrNO2S/c1-3-4-5-10-15(2)18(16,17)13-8-6-12(11-14)7-9-13/h6-9H,3-5,10-11H2,1-2H3. The number of benzene rings is 1. The van der Waals surface area contributed by atoms with Crippen molar-refractivity contribution < 1.29 is 8.42 Å². The lowest BCUT2D eigenvalue weighted by Gasteiger charge is -2.17. The molecule has 3 nitrogen and oxygen atoms in total. The molecular formula is C13H20BrNO2S. The Bertz CT molecular complexity index is 456. The van der Waals surface area contributed by atoms with Crippen molar-refractivity contribution in [3.8, 4) is 0 Å². The van der Waals surface area contributed by atoms with E-state index in [1.165, 1.54) is 4.31 Å². The first-order valence-electron chi connectivity index (χ1n) is 6.13.